The summed E-state index contributed by atoms with van der Waals surface area (Å²) >= 11 is 0. The minimum Gasteiger partial charge on any atom is -0.397 e. The van der Waals surface area contributed by atoms with E-state index >= 15 is 0 Å². The zero-order valence-electron chi connectivity index (χ0n) is 9.35. The summed E-state index contributed by atoms with van der Waals surface area (Å²) in [6.45, 7) is 5.43. The number of rotatable bonds is 1. The summed E-state index contributed by atoms with van der Waals surface area (Å²) in [4.78, 5) is 8.84. The molecule has 2 N–H and O–H groups in total. The molecule has 1 fully saturated rings. The van der Waals surface area contributed by atoms with E-state index in [0.29, 0.717) is 6.04 Å². The Morgan fingerprint density at radius 2 is 2.20 bits per heavy atom. The highest BCUT2D eigenvalue weighted by Crippen LogP contribution is 2.19. The number of piperazine rings is 1. The van der Waals surface area contributed by atoms with Crippen molar-refractivity contribution >= 4 is 11.4 Å². The fourth-order valence-electron chi connectivity index (χ4n) is 1.90. The van der Waals surface area contributed by atoms with E-state index < -0.39 is 0 Å². The first kappa shape index (κ1) is 10.2. The molecule has 82 valence electrons. The zero-order valence-corrected chi connectivity index (χ0v) is 9.35. The molecule has 0 spiro atoms. The molecule has 1 unspecified atom stereocenters. The lowest BCUT2D eigenvalue weighted by atomic mass is 10.2. The summed E-state index contributed by atoms with van der Waals surface area (Å²) in [5.74, 6) is 0. The normalized spacial score (nSPS) is 23.1. The van der Waals surface area contributed by atoms with Crippen molar-refractivity contribution in [2.24, 2.45) is 0 Å². The van der Waals surface area contributed by atoms with Gasteiger partial charge in [-0.25, -0.2) is 0 Å². The largest absolute Gasteiger partial charge is 0.397 e. The molecule has 2 rings (SSSR count). The predicted molar refractivity (Wildman–Crippen MR) is 63.0 cm³/mol. The number of nitrogens with two attached hydrogens (primary N) is 1. The minimum atomic E-state index is 0.584. The van der Waals surface area contributed by atoms with Crippen molar-refractivity contribution in [3.63, 3.8) is 0 Å². The molecular weight excluding hydrogens is 188 g/mol. The summed E-state index contributed by atoms with van der Waals surface area (Å²) in [6.07, 6.45) is 3.57. The molecule has 0 radical (unpaired) electrons. The van der Waals surface area contributed by atoms with Crippen LogP contribution in [0.4, 0.5) is 11.4 Å². The summed E-state index contributed by atoms with van der Waals surface area (Å²) in [5.41, 5.74) is 7.60. The van der Waals surface area contributed by atoms with Crippen molar-refractivity contribution in [2.45, 2.75) is 13.0 Å². The average molecular weight is 206 g/mol. The fraction of sp³-hybridized carbons (Fsp3) is 0.545. The molecule has 2 heterocycles. The van der Waals surface area contributed by atoms with E-state index in [2.05, 4.69) is 28.8 Å². The highest BCUT2D eigenvalue weighted by molar-refractivity contribution is 5.53. The quantitative estimate of drug-likeness (QED) is 0.738. The highest BCUT2D eigenvalue weighted by Gasteiger charge is 2.20. The molecule has 4 nitrogen and oxygen atoms in total. The van der Waals surface area contributed by atoms with Crippen LogP contribution in [0.5, 0.6) is 0 Å². The van der Waals surface area contributed by atoms with Crippen LogP contribution in [0.2, 0.25) is 0 Å². The van der Waals surface area contributed by atoms with Gasteiger partial charge in [-0.05, 0) is 20.0 Å². The zero-order chi connectivity index (χ0) is 10.8. The molecule has 0 aromatic carbocycles. The Balaban J connectivity index is 2.12. The Hall–Kier alpha value is -1.29. The van der Waals surface area contributed by atoms with Crippen molar-refractivity contribution in [2.75, 3.05) is 37.3 Å². The van der Waals surface area contributed by atoms with Gasteiger partial charge in [0.1, 0.15) is 0 Å². The molecule has 0 bridgehead atoms. The minimum absolute atomic E-state index is 0.584. The van der Waals surface area contributed by atoms with Crippen molar-refractivity contribution < 1.29 is 0 Å². The van der Waals surface area contributed by atoms with Gasteiger partial charge >= 0.3 is 0 Å². The van der Waals surface area contributed by atoms with Crippen LogP contribution in [0.3, 0.4) is 0 Å². The molecule has 4 heteroatoms. The van der Waals surface area contributed by atoms with Crippen LogP contribution in [0, 0.1) is 0 Å². The van der Waals surface area contributed by atoms with Gasteiger partial charge in [0.25, 0.3) is 0 Å². The van der Waals surface area contributed by atoms with Gasteiger partial charge in [0.2, 0.25) is 0 Å². The number of likely N-dealkylation sites (N-methyl/N-ethyl adjacent to an activating group) is 1. The Bertz CT molecular complexity index is 339. The number of nitrogen functional groups attached to an aromatic ring is 1. The van der Waals surface area contributed by atoms with Crippen molar-refractivity contribution in [1.29, 1.82) is 0 Å². The van der Waals surface area contributed by atoms with E-state index in [1.165, 1.54) is 0 Å². The molecule has 1 aromatic rings. The Morgan fingerprint density at radius 1 is 1.40 bits per heavy atom. The van der Waals surface area contributed by atoms with E-state index in [0.717, 1.165) is 31.0 Å². The van der Waals surface area contributed by atoms with E-state index in [1.807, 2.05) is 12.3 Å². The van der Waals surface area contributed by atoms with Gasteiger partial charge in [0.05, 0.1) is 17.6 Å². The van der Waals surface area contributed by atoms with E-state index in [-0.39, 0.29) is 0 Å². The highest BCUT2D eigenvalue weighted by atomic mass is 15.3. The maximum Gasteiger partial charge on any atom is 0.0574 e. The molecular formula is C11H18N4. The second-order valence-electron chi connectivity index (χ2n) is 4.25. The Morgan fingerprint density at radius 3 is 2.87 bits per heavy atom. The lowest BCUT2D eigenvalue weighted by molar-refractivity contribution is 0.234. The number of nitrogens with zero attached hydrogens (tertiary/aromatic N) is 3. The maximum atomic E-state index is 5.73. The van der Waals surface area contributed by atoms with Crippen LogP contribution in [0.15, 0.2) is 18.5 Å². The third-order valence-electron chi connectivity index (χ3n) is 3.07. The molecule has 1 atom stereocenters. The summed E-state index contributed by atoms with van der Waals surface area (Å²) in [5, 5.41) is 0. The summed E-state index contributed by atoms with van der Waals surface area (Å²) < 4.78 is 0. The smallest absolute Gasteiger partial charge is 0.0574 e. The van der Waals surface area contributed by atoms with E-state index in [9.17, 15) is 0 Å². The third kappa shape index (κ3) is 2.21. The fourth-order valence-corrected chi connectivity index (χ4v) is 1.90. The number of hydrogen-bond donors (Lipinski definition) is 1. The van der Waals surface area contributed by atoms with Gasteiger partial charge in [0, 0.05) is 31.9 Å². The molecule has 0 saturated carbocycles. The van der Waals surface area contributed by atoms with E-state index in [4.69, 9.17) is 5.73 Å². The number of hydrogen-bond acceptors (Lipinski definition) is 4. The first-order chi connectivity index (χ1) is 7.16. The average Bonchev–Trinajstić information content (AvgIpc) is 2.22. The molecule has 0 amide bonds. The lowest BCUT2D eigenvalue weighted by Gasteiger charge is -2.38. The van der Waals surface area contributed by atoms with Crippen LogP contribution < -0.4 is 10.6 Å². The topological polar surface area (TPSA) is 45.4 Å². The summed E-state index contributed by atoms with van der Waals surface area (Å²) in [7, 11) is 2.17. The number of aromatic nitrogens is 1. The van der Waals surface area contributed by atoms with Crippen LogP contribution >= 0.6 is 0 Å². The predicted octanol–water partition coefficient (Wildman–Crippen LogP) is 0.804. The monoisotopic (exact) mass is 206 g/mol. The van der Waals surface area contributed by atoms with Gasteiger partial charge in [-0.2, -0.15) is 0 Å². The summed E-state index contributed by atoms with van der Waals surface area (Å²) in [6, 6.07) is 2.57. The first-order valence-electron chi connectivity index (χ1n) is 5.32. The Labute approximate surface area is 90.7 Å². The van der Waals surface area contributed by atoms with Gasteiger partial charge < -0.3 is 15.5 Å². The van der Waals surface area contributed by atoms with Crippen LogP contribution in [-0.2, 0) is 0 Å². The van der Waals surface area contributed by atoms with Crippen LogP contribution in [0.1, 0.15) is 6.92 Å². The SMILES string of the molecule is CC1CN(c2cncc(N)c2)CCN1C. The molecule has 0 aliphatic carbocycles. The molecule has 1 aromatic heterocycles. The van der Waals surface area contributed by atoms with E-state index in [1.54, 1.807) is 6.20 Å². The first-order valence-corrected chi connectivity index (χ1v) is 5.32. The second-order valence-corrected chi connectivity index (χ2v) is 4.25. The lowest BCUT2D eigenvalue weighted by Crippen LogP contribution is -2.50. The second kappa shape index (κ2) is 4.06. The van der Waals surface area contributed by atoms with Crippen molar-refractivity contribution in [3.05, 3.63) is 18.5 Å². The molecule has 1 aliphatic rings. The maximum absolute atomic E-state index is 5.73. The molecule has 15 heavy (non-hydrogen) atoms. The molecule has 1 saturated heterocycles. The van der Waals surface area contributed by atoms with Gasteiger partial charge in [-0.15, -0.1) is 0 Å². The van der Waals surface area contributed by atoms with Crippen LogP contribution in [-0.4, -0.2) is 42.6 Å². The van der Waals surface area contributed by atoms with Gasteiger partial charge in [-0.3, -0.25) is 4.98 Å². The Kier molecular flexibility index (Phi) is 2.77. The van der Waals surface area contributed by atoms with Crippen molar-refractivity contribution in [3.8, 4) is 0 Å². The van der Waals surface area contributed by atoms with Gasteiger partial charge in [0.15, 0.2) is 0 Å². The standard InChI is InChI=1S/C11H18N4/c1-9-8-15(4-3-14(9)2)11-5-10(12)6-13-7-11/h5-7,9H,3-4,8,12H2,1-2H3. The van der Waals surface area contributed by atoms with Crippen molar-refractivity contribution in [1.82, 2.24) is 9.88 Å². The van der Waals surface area contributed by atoms with Gasteiger partial charge in [-0.1, -0.05) is 0 Å². The van der Waals surface area contributed by atoms with Crippen LogP contribution in [0.25, 0.3) is 0 Å². The number of anilines is 2. The number of pyridine rings is 1. The molecule has 1 aliphatic heterocycles. The third-order valence-corrected chi connectivity index (χ3v) is 3.07.